The van der Waals surface area contributed by atoms with E-state index >= 15 is 8.78 Å². The number of halogens is 2. The molecule has 10 atom stereocenters. The van der Waals surface area contributed by atoms with Crippen molar-refractivity contribution in [2.45, 2.75) is 49.2 Å². The zero-order valence-electron chi connectivity index (χ0n) is 21.9. The average molecular weight is 695 g/mol. The summed E-state index contributed by atoms with van der Waals surface area (Å²) in [5.74, 6) is 0.103. The predicted molar refractivity (Wildman–Crippen MR) is 152 cm³/mol. The van der Waals surface area contributed by atoms with E-state index < -0.39 is 75.9 Å². The summed E-state index contributed by atoms with van der Waals surface area (Å²) in [6.45, 7) is -10.1. The van der Waals surface area contributed by atoms with E-state index in [1.54, 1.807) is 0 Å². The molecule has 18 nitrogen and oxygen atoms in total. The molecule has 4 bridgehead atoms. The maximum absolute atomic E-state index is 15.9. The lowest BCUT2D eigenvalue weighted by Crippen LogP contribution is -2.34. The second-order valence-corrected chi connectivity index (χ2v) is 15.5. The molecule has 4 aromatic rings. The number of aromatic nitrogens is 8. The molecular weight excluding hydrogens is 672 g/mol. The van der Waals surface area contributed by atoms with Crippen molar-refractivity contribution in [2.24, 2.45) is 0 Å². The fraction of sp³-hybridized carbons (Fsp3) is 0.500. The molecule has 4 aromatic heterocycles. The van der Waals surface area contributed by atoms with Crippen molar-refractivity contribution in [3.8, 4) is 0 Å². The smallest absolute Gasteiger partial charge is 0.382 e. The van der Waals surface area contributed by atoms with Gasteiger partial charge in [-0.1, -0.05) is 12.2 Å². The number of ether oxygens (including phenoxy) is 2. The highest BCUT2D eigenvalue weighted by molar-refractivity contribution is 8.44. The van der Waals surface area contributed by atoms with Crippen LogP contribution in [0, 0.1) is 0 Å². The largest absolute Gasteiger partial charge is 0.386 e. The zero-order valence-corrected chi connectivity index (χ0v) is 25.4. The number of rotatable bonds is 2. The molecule has 0 spiro atoms. The normalized spacial score (nSPS) is 38.3. The summed E-state index contributed by atoms with van der Waals surface area (Å²) in [7, 11) is 0. The van der Waals surface area contributed by atoms with Gasteiger partial charge in [-0.3, -0.25) is 22.7 Å². The third-order valence-corrected chi connectivity index (χ3v) is 10.3. The Morgan fingerprint density at radius 3 is 1.84 bits per heavy atom. The molecule has 236 valence electrons. The van der Waals surface area contributed by atoms with Crippen molar-refractivity contribution in [1.82, 2.24) is 39.0 Å². The number of alkyl halides is 2. The van der Waals surface area contributed by atoms with Gasteiger partial charge < -0.3 is 30.4 Å². The maximum atomic E-state index is 15.9. The monoisotopic (exact) mass is 694 g/mol. The second-order valence-electron chi connectivity index (χ2n) is 9.85. The van der Waals surface area contributed by atoms with Gasteiger partial charge in [0.25, 0.3) is 0 Å². The third kappa shape index (κ3) is 5.26. The van der Waals surface area contributed by atoms with Gasteiger partial charge in [0.15, 0.2) is 47.7 Å². The van der Waals surface area contributed by atoms with Crippen LogP contribution < -0.4 is 11.5 Å². The van der Waals surface area contributed by atoms with Crippen molar-refractivity contribution in [3.05, 3.63) is 25.3 Å². The average Bonchev–Trinajstić information content (AvgIpc) is 3.73. The van der Waals surface area contributed by atoms with Crippen LogP contribution in [0.2, 0.25) is 0 Å². The molecule has 5 N–H and O–H groups in total. The number of hydrogen-bond donors (Lipinski definition) is 4. The van der Waals surface area contributed by atoms with Crippen molar-refractivity contribution in [2.75, 3.05) is 24.7 Å². The van der Waals surface area contributed by atoms with Crippen LogP contribution in [-0.2, 0) is 43.9 Å². The quantitative estimate of drug-likeness (QED) is 0.171. The lowest BCUT2D eigenvalue weighted by atomic mass is 10.1. The lowest BCUT2D eigenvalue weighted by molar-refractivity contribution is -0.0592. The summed E-state index contributed by atoms with van der Waals surface area (Å²) in [4.78, 5) is 35.2. The standard InChI is InChI=1S/C20H22F2N10O8P2S2/c21-9-7-1-35-41(33,43)39-14-10(22)8(38-20(14)32-6-30-12-16(24)26-4-28-18(12)32)2-36-42(34,44)40-13(9)19(37-7)31-5-29-11-15(23)25-3-27-17(11)31/h3-10,13-14,19-20H,1-2H2,(H,33,43)(H,34,44)(H2,23,25,27)(H2,24,26,28)/t7?,8?,9-,10-,13-,14-,19-,20-,41?,42?/m1/s1. The molecule has 24 heteroatoms. The molecule has 0 amide bonds. The fourth-order valence-electron chi connectivity index (χ4n) is 5.15. The van der Waals surface area contributed by atoms with E-state index in [-0.39, 0.29) is 34.0 Å². The van der Waals surface area contributed by atoms with Gasteiger partial charge in [-0.25, -0.2) is 43.2 Å². The Hall–Kier alpha value is -2.49. The van der Waals surface area contributed by atoms with E-state index in [1.807, 2.05) is 0 Å². The summed E-state index contributed by atoms with van der Waals surface area (Å²) >= 11 is 9.16. The Labute approximate surface area is 255 Å². The highest BCUT2D eigenvalue weighted by Crippen LogP contribution is 2.58. The van der Waals surface area contributed by atoms with Gasteiger partial charge in [0.1, 0.15) is 48.1 Å². The van der Waals surface area contributed by atoms with Gasteiger partial charge in [0.05, 0.1) is 25.9 Å². The van der Waals surface area contributed by atoms with E-state index in [0.717, 1.165) is 0 Å². The Balaban J connectivity index is 1.22. The molecule has 0 saturated carbocycles. The van der Waals surface area contributed by atoms with Gasteiger partial charge in [-0.05, 0) is 11.8 Å². The molecule has 3 aliphatic heterocycles. The molecule has 0 aliphatic carbocycles. The number of thiol groups is 1. The first-order chi connectivity index (χ1) is 20.9. The highest BCUT2D eigenvalue weighted by atomic mass is 32.7. The number of anilines is 2. The van der Waals surface area contributed by atoms with Crippen LogP contribution >= 0.6 is 25.8 Å². The van der Waals surface area contributed by atoms with Crippen LogP contribution in [0.4, 0.5) is 20.4 Å². The van der Waals surface area contributed by atoms with E-state index in [1.165, 1.54) is 34.4 Å². The molecule has 3 aliphatic rings. The minimum absolute atomic E-state index is 0.0503. The van der Waals surface area contributed by atoms with E-state index in [4.69, 9.17) is 50.8 Å². The number of nitrogens with two attached hydrogens (primary N) is 2. The highest BCUT2D eigenvalue weighted by Gasteiger charge is 2.54. The van der Waals surface area contributed by atoms with E-state index in [2.05, 4.69) is 42.2 Å². The molecule has 7 rings (SSSR count). The number of nitrogen functional groups attached to an aromatic ring is 2. The fourth-order valence-corrected chi connectivity index (χ4v) is 8.00. The summed E-state index contributed by atoms with van der Waals surface area (Å²) in [6.07, 6.45) is -8.09. The van der Waals surface area contributed by atoms with Crippen LogP contribution in [0.15, 0.2) is 25.3 Å². The zero-order chi connectivity index (χ0) is 31.0. The Morgan fingerprint density at radius 2 is 1.32 bits per heavy atom. The summed E-state index contributed by atoms with van der Waals surface area (Å²) in [5.41, 5.74) is 12.4. The minimum atomic E-state index is -4.43. The first-order valence-corrected chi connectivity index (χ1v) is 18.0. The Kier molecular flexibility index (Phi) is 7.61. The summed E-state index contributed by atoms with van der Waals surface area (Å²) in [6, 6.07) is 0. The van der Waals surface area contributed by atoms with Crippen LogP contribution in [0.25, 0.3) is 22.3 Å². The van der Waals surface area contributed by atoms with Gasteiger partial charge in [0, 0.05) is 0 Å². The van der Waals surface area contributed by atoms with Crippen LogP contribution in [0.5, 0.6) is 0 Å². The summed E-state index contributed by atoms with van der Waals surface area (Å²) in [5, 5.41) is 0. The first-order valence-electron chi connectivity index (χ1n) is 12.7. The second kappa shape index (κ2) is 11.1. The molecule has 3 saturated heterocycles. The topological polar surface area (TPSA) is 232 Å². The number of imidazole rings is 2. The molecule has 44 heavy (non-hydrogen) atoms. The van der Waals surface area contributed by atoms with E-state index in [9.17, 15) is 9.46 Å². The van der Waals surface area contributed by atoms with Gasteiger partial charge >= 0.3 is 13.5 Å². The van der Waals surface area contributed by atoms with Crippen molar-refractivity contribution in [3.63, 3.8) is 0 Å². The van der Waals surface area contributed by atoms with Crippen molar-refractivity contribution < 1.29 is 45.8 Å². The van der Waals surface area contributed by atoms with Crippen molar-refractivity contribution >= 4 is 71.5 Å². The van der Waals surface area contributed by atoms with Crippen LogP contribution in [-0.4, -0.2) is 93.9 Å². The number of nitrogens with zero attached hydrogens (tertiary/aromatic N) is 8. The van der Waals surface area contributed by atoms with Crippen LogP contribution in [0.1, 0.15) is 12.5 Å². The molecule has 0 radical (unpaired) electrons. The summed E-state index contributed by atoms with van der Waals surface area (Å²) < 4.78 is 81.4. The molecular formula is C20H22F2N10O8P2S2. The van der Waals surface area contributed by atoms with Gasteiger partial charge in [0.2, 0.25) is 0 Å². The molecule has 3 fully saturated rings. The van der Waals surface area contributed by atoms with Crippen molar-refractivity contribution in [1.29, 1.82) is 0 Å². The Morgan fingerprint density at radius 1 is 0.841 bits per heavy atom. The van der Waals surface area contributed by atoms with Gasteiger partial charge in [-0.2, -0.15) is 0 Å². The van der Waals surface area contributed by atoms with Gasteiger partial charge in [-0.15, -0.1) is 0 Å². The number of hydrogen-bond acceptors (Lipinski definition) is 16. The van der Waals surface area contributed by atoms with E-state index in [0.29, 0.717) is 0 Å². The molecule has 4 unspecified atom stereocenters. The SMILES string of the molecule is Nc1ncnc2c1ncn2[C@@H]1OC2COP(O)(=S)O[C@@H]3[C@H](F)C(COP(=O)(S)O[C@@H]1[C@@H]2F)O[C@H]3n1cnc2c(N)ncnc21. The predicted octanol–water partition coefficient (Wildman–Crippen LogP) is 1.37. The first kappa shape index (κ1) is 30.2. The minimum Gasteiger partial charge on any atom is -0.382 e. The molecule has 0 aromatic carbocycles. The van der Waals surface area contributed by atoms with Crippen LogP contribution in [0.3, 0.4) is 0 Å². The lowest BCUT2D eigenvalue weighted by Gasteiger charge is -2.26. The Bertz CT molecular complexity index is 1710. The third-order valence-electron chi connectivity index (χ3n) is 7.16. The maximum Gasteiger partial charge on any atom is 0.386 e. The molecule has 7 heterocycles. The number of fused-ring (bicyclic) bond motifs is 6.